The second-order valence-electron chi connectivity index (χ2n) is 3.87. The minimum Gasteiger partial charge on any atom is -0.288 e. The average molecular weight is 310 g/mol. The van der Waals surface area contributed by atoms with Crippen LogP contribution in [0.3, 0.4) is 0 Å². The highest BCUT2D eigenvalue weighted by Crippen LogP contribution is 2.24. The van der Waals surface area contributed by atoms with Crippen molar-refractivity contribution in [2.45, 2.75) is 5.03 Å². The van der Waals surface area contributed by atoms with Gasteiger partial charge in [0.1, 0.15) is 12.0 Å². The van der Waals surface area contributed by atoms with Gasteiger partial charge in [-0.25, -0.2) is 15.0 Å². The molecule has 0 spiro atoms. The summed E-state index contributed by atoms with van der Waals surface area (Å²) in [4.78, 5) is 11.5. The fourth-order valence-electron chi connectivity index (χ4n) is 1.74. The lowest BCUT2D eigenvalue weighted by molar-refractivity contribution is 0.596. The van der Waals surface area contributed by atoms with Crippen LogP contribution in [-0.2, 0) is 10.0 Å². The summed E-state index contributed by atoms with van der Waals surface area (Å²) in [6.07, 6.45) is 5.58. The van der Waals surface area contributed by atoms with Crippen LogP contribution in [0, 0.1) is 0 Å². The van der Waals surface area contributed by atoms with Gasteiger partial charge >= 0.3 is 0 Å². The molecule has 3 rings (SSSR count). The Hall–Kier alpha value is -2.19. The first-order valence-electron chi connectivity index (χ1n) is 5.48. The smallest absolute Gasteiger partial charge is 0.281 e. The molecule has 0 aliphatic heterocycles. The number of imidazole rings is 1. The van der Waals surface area contributed by atoms with Crippen LogP contribution in [0.5, 0.6) is 0 Å². The Morgan fingerprint density at radius 2 is 1.95 bits per heavy atom. The molecule has 0 unspecified atom stereocenters. The number of sulfonamides is 1. The maximum absolute atomic E-state index is 12.4. The average Bonchev–Trinajstić information content (AvgIpc) is 2.75. The zero-order valence-electron chi connectivity index (χ0n) is 9.93. The summed E-state index contributed by atoms with van der Waals surface area (Å²) in [6.45, 7) is 0. The Kier molecular flexibility index (Phi) is 3.03. The third-order valence-electron chi connectivity index (χ3n) is 2.51. The molecule has 1 N–H and O–H groups in total. The molecule has 20 heavy (non-hydrogen) atoms. The number of aromatic nitrogens is 4. The van der Waals surface area contributed by atoms with E-state index in [1.54, 1.807) is 24.4 Å². The predicted molar refractivity (Wildman–Crippen MR) is 73.0 cm³/mol. The van der Waals surface area contributed by atoms with Gasteiger partial charge in [-0.15, -0.1) is 0 Å². The highest BCUT2D eigenvalue weighted by Gasteiger charge is 2.24. The Bertz CT molecular complexity index is 863. The van der Waals surface area contributed by atoms with Crippen LogP contribution in [0.1, 0.15) is 0 Å². The largest absolute Gasteiger partial charge is 0.288 e. The van der Waals surface area contributed by atoms with Crippen molar-refractivity contribution in [2.24, 2.45) is 0 Å². The van der Waals surface area contributed by atoms with Gasteiger partial charge in [-0.2, -0.15) is 8.42 Å². The molecule has 3 heterocycles. The summed E-state index contributed by atoms with van der Waals surface area (Å²) in [5.74, 6) is 0. The molecule has 0 radical (unpaired) electrons. The number of anilines is 1. The lowest BCUT2D eigenvalue weighted by atomic mass is 10.5. The van der Waals surface area contributed by atoms with E-state index in [0.29, 0.717) is 5.65 Å². The number of halogens is 1. The summed E-state index contributed by atoms with van der Waals surface area (Å²) >= 11 is 5.94. The molecule has 0 aliphatic carbocycles. The van der Waals surface area contributed by atoms with E-state index in [4.69, 9.17) is 11.6 Å². The van der Waals surface area contributed by atoms with E-state index in [0.717, 1.165) is 0 Å². The van der Waals surface area contributed by atoms with Crippen molar-refractivity contribution in [3.63, 3.8) is 0 Å². The fraction of sp³-hybridized carbons (Fsp3) is 0. The molecule has 0 saturated carbocycles. The van der Waals surface area contributed by atoms with Gasteiger partial charge in [0.15, 0.2) is 10.2 Å². The molecule has 0 atom stereocenters. The molecule has 0 saturated heterocycles. The van der Waals surface area contributed by atoms with Gasteiger partial charge in [-0.1, -0.05) is 17.7 Å². The first kappa shape index (κ1) is 12.8. The SMILES string of the molecule is O=S(=O)(Nc1cncnc1)c1c(Cl)nc2ccccn12. The van der Waals surface area contributed by atoms with Crippen LogP contribution in [-0.4, -0.2) is 27.8 Å². The van der Waals surface area contributed by atoms with Gasteiger partial charge in [0.2, 0.25) is 0 Å². The molecule has 0 aliphatic rings. The Balaban J connectivity index is 2.12. The highest BCUT2D eigenvalue weighted by molar-refractivity contribution is 7.92. The van der Waals surface area contributed by atoms with Crippen LogP contribution in [0.25, 0.3) is 5.65 Å². The third-order valence-corrected chi connectivity index (χ3v) is 4.29. The number of hydrogen-bond acceptors (Lipinski definition) is 5. The topological polar surface area (TPSA) is 89.2 Å². The first-order chi connectivity index (χ1) is 9.58. The number of fused-ring (bicyclic) bond motifs is 1. The number of nitrogens with one attached hydrogen (secondary N) is 1. The Labute approximate surface area is 119 Å². The monoisotopic (exact) mass is 309 g/mol. The first-order valence-corrected chi connectivity index (χ1v) is 7.34. The van der Waals surface area contributed by atoms with E-state index in [1.165, 1.54) is 23.1 Å². The zero-order valence-corrected chi connectivity index (χ0v) is 11.5. The number of pyridine rings is 1. The lowest BCUT2D eigenvalue weighted by Crippen LogP contribution is -2.15. The molecule has 0 amide bonds. The number of hydrogen-bond donors (Lipinski definition) is 1. The van der Waals surface area contributed by atoms with Gasteiger partial charge in [0.25, 0.3) is 10.0 Å². The third kappa shape index (κ3) is 2.19. The number of nitrogens with zero attached hydrogens (tertiary/aromatic N) is 4. The van der Waals surface area contributed by atoms with Crippen molar-refractivity contribution in [1.82, 2.24) is 19.4 Å². The molecule has 7 nitrogen and oxygen atoms in total. The molecule has 3 aromatic rings. The van der Waals surface area contributed by atoms with Gasteiger partial charge in [-0.3, -0.25) is 9.12 Å². The van der Waals surface area contributed by atoms with Crippen molar-refractivity contribution in [3.8, 4) is 0 Å². The van der Waals surface area contributed by atoms with Gasteiger partial charge in [0.05, 0.1) is 18.1 Å². The van der Waals surface area contributed by atoms with Crippen molar-refractivity contribution in [2.75, 3.05) is 4.72 Å². The normalized spacial score (nSPS) is 11.7. The van der Waals surface area contributed by atoms with Crippen LogP contribution in [0.4, 0.5) is 5.69 Å². The van der Waals surface area contributed by atoms with Crippen molar-refractivity contribution in [1.29, 1.82) is 0 Å². The summed E-state index contributed by atoms with van der Waals surface area (Å²) in [7, 11) is -3.89. The molecule has 0 fully saturated rings. The molecular weight excluding hydrogens is 302 g/mol. The van der Waals surface area contributed by atoms with E-state index in [9.17, 15) is 8.42 Å². The van der Waals surface area contributed by atoms with Crippen molar-refractivity contribution >= 4 is 33.0 Å². The molecule has 0 bridgehead atoms. The molecule has 102 valence electrons. The minimum absolute atomic E-state index is 0.0967. The molecule has 9 heteroatoms. The Morgan fingerprint density at radius 3 is 2.70 bits per heavy atom. The Morgan fingerprint density at radius 1 is 1.20 bits per heavy atom. The van der Waals surface area contributed by atoms with Crippen LogP contribution >= 0.6 is 11.6 Å². The van der Waals surface area contributed by atoms with Crippen LogP contribution in [0.15, 0.2) is 48.1 Å². The summed E-state index contributed by atoms with van der Waals surface area (Å²) < 4.78 is 28.5. The van der Waals surface area contributed by atoms with Gasteiger partial charge in [0, 0.05) is 6.20 Å². The molecule has 3 aromatic heterocycles. The van der Waals surface area contributed by atoms with Crippen molar-refractivity contribution in [3.05, 3.63) is 48.3 Å². The van der Waals surface area contributed by atoms with E-state index < -0.39 is 10.0 Å². The van der Waals surface area contributed by atoms with E-state index in [1.807, 2.05) is 0 Å². The second kappa shape index (κ2) is 4.73. The van der Waals surface area contributed by atoms with Crippen molar-refractivity contribution < 1.29 is 8.42 Å². The van der Waals surface area contributed by atoms with E-state index in [2.05, 4.69) is 19.7 Å². The van der Waals surface area contributed by atoms with Gasteiger partial charge in [-0.05, 0) is 12.1 Å². The van der Waals surface area contributed by atoms with Crippen LogP contribution in [0.2, 0.25) is 5.15 Å². The van der Waals surface area contributed by atoms with Crippen LogP contribution < -0.4 is 4.72 Å². The summed E-state index contributed by atoms with van der Waals surface area (Å²) in [6, 6.07) is 5.10. The minimum atomic E-state index is -3.89. The predicted octanol–water partition coefficient (Wildman–Crippen LogP) is 1.58. The quantitative estimate of drug-likeness (QED) is 0.793. The number of rotatable bonds is 3. The zero-order chi connectivity index (χ0) is 14.2. The maximum atomic E-state index is 12.4. The lowest BCUT2D eigenvalue weighted by Gasteiger charge is -2.07. The summed E-state index contributed by atoms with van der Waals surface area (Å²) in [5, 5.41) is -0.223. The van der Waals surface area contributed by atoms with Gasteiger partial charge < -0.3 is 0 Å². The van der Waals surface area contributed by atoms with E-state index in [-0.39, 0.29) is 15.9 Å². The highest BCUT2D eigenvalue weighted by atomic mass is 35.5. The second-order valence-corrected chi connectivity index (χ2v) is 5.82. The fourth-order valence-corrected chi connectivity index (χ4v) is 3.42. The summed E-state index contributed by atoms with van der Waals surface area (Å²) in [5.41, 5.74) is 0.691. The molecule has 0 aromatic carbocycles. The van der Waals surface area contributed by atoms with E-state index >= 15 is 0 Å². The maximum Gasteiger partial charge on any atom is 0.281 e. The molecular formula is C11H8ClN5O2S. The standard InChI is InChI=1S/C11H8ClN5O2S/c12-10-11(17-4-2-1-3-9(17)15-10)20(18,19)16-8-5-13-7-14-6-8/h1-7,16H.